The fourth-order valence-corrected chi connectivity index (χ4v) is 17.0. The molecule has 0 radical (unpaired) electrons. The molecule has 1 aliphatic carbocycles. The van der Waals surface area contributed by atoms with E-state index in [0.29, 0.717) is 0 Å². The number of rotatable bonds is 7. The molecule has 4 aliphatic rings. The lowest BCUT2D eigenvalue weighted by Gasteiger charge is -2.45. The van der Waals surface area contributed by atoms with Crippen LogP contribution in [0.25, 0.3) is 66.8 Å². The minimum atomic E-state index is -0.667. The van der Waals surface area contributed by atoms with Gasteiger partial charge in [-0.1, -0.05) is 316 Å². The van der Waals surface area contributed by atoms with Crippen LogP contribution in [0, 0.1) is 0 Å². The molecule has 0 unspecified atom stereocenters. The summed E-state index contributed by atoms with van der Waals surface area (Å²) in [5.41, 5.74) is 34.8. The van der Waals surface area contributed by atoms with Crippen LogP contribution in [0.1, 0.15) is 154 Å². The van der Waals surface area contributed by atoms with Gasteiger partial charge in [-0.2, -0.15) is 0 Å². The number of anilines is 6. The standard InChI is InChI=1S/C99H91BN2O/c1-94(2,3)70-49-67(50-71(58-70)95(4,5)6)65-43-46-84-88(54-65)102(93-78(62-31-19-16-20-32-62)60-74(98(13,14)15)61-79(93)63-33-21-17-22-34-63)89-55-69(57-91-92(89)100(84)85-47-44-66(56-90(85)103-91)68-51-72(96(7,8)9)59-73(52-68)97(10,11)12)64-45-48-87-83(53-64)99(80-39-27-25-37-76(80)77-38-26-28-40-81(77)99)82-41-29-30-42-86(82)101(87)75-35-23-18-24-36-75/h16-61H,1-15H3. The van der Waals surface area contributed by atoms with Crippen molar-refractivity contribution in [3.63, 3.8) is 0 Å². The molecule has 103 heavy (non-hydrogen) atoms. The van der Waals surface area contributed by atoms with Gasteiger partial charge in [0, 0.05) is 28.2 Å². The fraction of sp³-hybridized carbons (Fsp3) is 0.212. The van der Waals surface area contributed by atoms with Crippen LogP contribution < -0.4 is 30.9 Å². The fourth-order valence-electron chi connectivity index (χ4n) is 17.0. The molecule has 4 heteroatoms. The third kappa shape index (κ3) is 10.8. The summed E-state index contributed by atoms with van der Waals surface area (Å²) < 4.78 is 7.90. The van der Waals surface area contributed by atoms with Crippen molar-refractivity contribution in [3.05, 3.63) is 329 Å². The second kappa shape index (κ2) is 23.7. The van der Waals surface area contributed by atoms with Gasteiger partial charge in [-0.3, -0.25) is 0 Å². The van der Waals surface area contributed by atoms with Crippen LogP contribution >= 0.6 is 0 Å². The van der Waals surface area contributed by atoms with Gasteiger partial charge in [0.2, 0.25) is 0 Å². The molecule has 506 valence electrons. The molecule has 17 rings (SSSR count). The highest BCUT2D eigenvalue weighted by Gasteiger charge is 2.52. The minimum Gasteiger partial charge on any atom is -0.458 e. The number of nitrogens with zero attached hydrogens (tertiary/aromatic N) is 2. The summed E-state index contributed by atoms with van der Waals surface area (Å²) in [5, 5.41) is 0. The van der Waals surface area contributed by atoms with E-state index in [1.165, 1.54) is 89.0 Å². The van der Waals surface area contributed by atoms with Gasteiger partial charge in [-0.05, 0) is 216 Å². The second-order valence-corrected chi connectivity index (χ2v) is 34.6. The predicted octanol–water partition coefficient (Wildman–Crippen LogP) is 25.1. The lowest BCUT2D eigenvalue weighted by molar-refractivity contribution is 0.488. The maximum absolute atomic E-state index is 7.90. The van der Waals surface area contributed by atoms with Gasteiger partial charge >= 0.3 is 0 Å². The van der Waals surface area contributed by atoms with E-state index in [-0.39, 0.29) is 33.8 Å². The molecule has 0 aromatic heterocycles. The zero-order valence-corrected chi connectivity index (χ0v) is 62.4. The van der Waals surface area contributed by atoms with Crippen LogP contribution in [-0.2, 0) is 32.5 Å². The Labute approximate surface area is 611 Å². The molecular weight excluding hydrogens is 1240 g/mol. The van der Waals surface area contributed by atoms with E-state index < -0.39 is 5.41 Å². The Kier molecular flexibility index (Phi) is 15.1. The third-order valence-corrected chi connectivity index (χ3v) is 22.6. The van der Waals surface area contributed by atoms with Gasteiger partial charge in [0.05, 0.1) is 22.5 Å². The summed E-state index contributed by atoms with van der Waals surface area (Å²) in [5.74, 6) is 1.72. The van der Waals surface area contributed by atoms with Gasteiger partial charge in [-0.25, -0.2) is 0 Å². The molecule has 3 nitrogen and oxygen atoms in total. The molecule has 0 N–H and O–H groups in total. The number of fused-ring (bicyclic) bond motifs is 13. The van der Waals surface area contributed by atoms with Gasteiger partial charge in [-0.15, -0.1) is 0 Å². The number of ether oxygens (including phenoxy) is 1. The highest BCUT2D eigenvalue weighted by atomic mass is 16.5. The minimum absolute atomic E-state index is 0.0662. The Morgan fingerprint density at radius 3 is 1.18 bits per heavy atom. The quantitative estimate of drug-likeness (QED) is 0.148. The Hall–Kier alpha value is -10.7. The van der Waals surface area contributed by atoms with Gasteiger partial charge in [0.25, 0.3) is 6.71 Å². The zero-order chi connectivity index (χ0) is 71.4. The monoisotopic (exact) mass is 1330 g/mol. The molecule has 0 fully saturated rings. The SMILES string of the molecule is CC(C)(C)c1cc(-c2ccc3c(c2)Oc2cc(-c4ccc5c(c4)C4(c6ccccc6-c6ccccc64)c4ccccc4N5c4ccccc4)cc4c2B3c2ccc(-c3cc(C(C)(C)C)cc(C(C)(C)C)c3)cc2N4c2c(-c3ccccc3)cc(C(C)(C)C)cc2-c2ccccc2)cc(C(C)(C)C)c1. The first-order valence-electron chi connectivity index (χ1n) is 37.1. The Morgan fingerprint density at radius 2 is 0.660 bits per heavy atom. The van der Waals surface area contributed by atoms with Crippen molar-refractivity contribution >= 4 is 57.2 Å². The van der Waals surface area contributed by atoms with Gasteiger partial charge in [0.15, 0.2) is 0 Å². The Morgan fingerprint density at radius 1 is 0.262 bits per heavy atom. The number of hydrogen-bond acceptors (Lipinski definition) is 3. The predicted molar refractivity (Wildman–Crippen MR) is 439 cm³/mol. The molecule has 1 spiro atoms. The molecule has 3 aliphatic heterocycles. The van der Waals surface area contributed by atoms with Gasteiger partial charge in [0.1, 0.15) is 11.5 Å². The first-order valence-corrected chi connectivity index (χ1v) is 37.1. The average molecular weight is 1340 g/mol. The van der Waals surface area contributed by atoms with E-state index in [0.717, 1.165) is 89.8 Å². The van der Waals surface area contributed by atoms with Crippen LogP contribution in [0.5, 0.6) is 11.5 Å². The van der Waals surface area contributed by atoms with Gasteiger partial charge < -0.3 is 14.5 Å². The average Bonchev–Trinajstić information content (AvgIpc) is 1.62. The molecular formula is C99H91BN2O. The second-order valence-electron chi connectivity index (χ2n) is 34.6. The summed E-state index contributed by atoms with van der Waals surface area (Å²) in [6.45, 7) is 34.9. The van der Waals surface area contributed by atoms with Crippen LogP contribution in [0.4, 0.5) is 34.1 Å². The van der Waals surface area contributed by atoms with Crippen molar-refractivity contribution in [1.82, 2.24) is 0 Å². The molecule has 0 saturated heterocycles. The van der Waals surface area contributed by atoms with Crippen molar-refractivity contribution in [2.75, 3.05) is 9.80 Å². The Balaban J connectivity index is 1.00. The molecule has 0 bridgehead atoms. The van der Waals surface area contributed by atoms with E-state index in [1.54, 1.807) is 0 Å². The smallest absolute Gasteiger partial charge is 0.256 e. The summed E-state index contributed by atoms with van der Waals surface area (Å²) in [7, 11) is 0. The van der Waals surface area contributed by atoms with Crippen LogP contribution in [0.2, 0.25) is 0 Å². The summed E-state index contributed by atoms with van der Waals surface area (Å²) in [4.78, 5) is 5.18. The molecule has 13 aromatic carbocycles. The Bertz CT molecular complexity index is 5400. The summed E-state index contributed by atoms with van der Waals surface area (Å²) >= 11 is 0. The number of hydrogen-bond donors (Lipinski definition) is 0. The summed E-state index contributed by atoms with van der Waals surface area (Å²) in [6.07, 6.45) is 0. The zero-order valence-electron chi connectivity index (χ0n) is 62.4. The third-order valence-electron chi connectivity index (χ3n) is 22.6. The van der Waals surface area contributed by atoms with E-state index in [1.807, 2.05) is 0 Å². The molecule has 13 aromatic rings. The van der Waals surface area contributed by atoms with Crippen LogP contribution in [0.15, 0.2) is 279 Å². The normalized spacial score (nSPS) is 14.1. The van der Waals surface area contributed by atoms with Crippen LogP contribution in [-0.4, -0.2) is 6.71 Å². The molecule has 0 amide bonds. The lowest BCUT2D eigenvalue weighted by Crippen LogP contribution is -2.59. The number of benzene rings is 13. The highest BCUT2D eigenvalue weighted by molar-refractivity contribution is 6.99. The topological polar surface area (TPSA) is 15.7 Å². The maximum Gasteiger partial charge on any atom is 0.256 e. The van der Waals surface area contributed by atoms with Crippen LogP contribution in [0.3, 0.4) is 0 Å². The van der Waals surface area contributed by atoms with E-state index in [2.05, 4.69) is 393 Å². The molecule has 0 saturated carbocycles. The lowest BCUT2D eigenvalue weighted by atomic mass is 9.34. The largest absolute Gasteiger partial charge is 0.458 e. The van der Waals surface area contributed by atoms with Crippen molar-refractivity contribution in [1.29, 1.82) is 0 Å². The van der Waals surface area contributed by atoms with Crippen molar-refractivity contribution in [3.8, 4) is 78.3 Å². The number of para-hydroxylation sites is 2. The van der Waals surface area contributed by atoms with E-state index in [4.69, 9.17) is 4.74 Å². The van der Waals surface area contributed by atoms with Crippen molar-refractivity contribution in [2.45, 2.75) is 136 Å². The summed E-state index contributed by atoms with van der Waals surface area (Å²) in [6, 6.07) is 107. The highest BCUT2D eigenvalue weighted by Crippen LogP contribution is 2.64. The van der Waals surface area contributed by atoms with E-state index in [9.17, 15) is 0 Å². The van der Waals surface area contributed by atoms with E-state index >= 15 is 0 Å². The first kappa shape index (κ1) is 65.6. The van der Waals surface area contributed by atoms with Crippen molar-refractivity contribution < 1.29 is 4.74 Å². The molecule has 0 atom stereocenters. The van der Waals surface area contributed by atoms with Crippen molar-refractivity contribution in [2.24, 2.45) is 0 Å². The maximum atomic E-state index is 7.90. The molecule has 3 heterocycles. The first-order chi connectivity index (χ1) is 49.2.